The molecule has 0 atom stereocenters. The molecule has 3 aromatic rings. The fraction of sp³-hybridized carbons (Fsp3) is 0. The van der Waals surface area contributed by atoms with Crippen LogP contribution in [-0.4, -0.2) is 11.9 Å². The molecule has 0 saturated carbocycles. The van der Waals surface area contributed by atoms with Crippen LogP contribution in [0.2, 0.25) is 0 Å². The largest absolute Gasteiger partial charge is 0.459 e. The third-order valence-corrected chi connectivity index (χ3v) is 3.08. The van der Waals surface area contributed by atoms with E-state index in [1.54, 1.807) is 60.7 Å². The highest BCUT2D eigenvalue weighted by atomic mass is 16.5. The number of ether oxygens (including phenoxy) is 1. The van der Waals surface area contributed by atoms with Gasteiger partial charge >= 0.3 is 5.97 Å². The van der Waals surface area contributed by atoms with Crippen molar-refractivity contribution in [2.24, 2.45) is 0 Å². The monoisotopic (exact) mass is 307 g/mol. The van der Waals surface area contributed by atoms with Crippen LogP contribution in [0.15, 0.2) is 77.4 Å². The Bertz CT molecular complexity index is 793. The van der Waals surface area contributed by atoms with Crippen LogP contribution in [0, 0.1) is 0 Å². The van der Waals surface area contributed by atoms with Crippen LogP contribution in [0.4, 0.5) is 5.69 Å². The number of furan rings is 1. The van der Waals surface area contributed by atoms with Gasteiger partial charge in [-0.3, -0.25) is 4.79 Å². The summed E-state index contributed by atoms with van der Waals surface area (Å²) in [7, 11) is 0. The van der Waals surface area contributed by atoms with Crippen LogP contribution in [0.3, 0.4) is 0 Å². The van der Waals surface area contributed by atoms with E-state index >= 15 is 0 Å². The van der Waals surface area contributed by atoms with Gasteiger partial charge in [0, 0.05) is 5.69 Å². The number of esters is 1. The summed E-state index contributed by atoms with van der Waals surface area (Å²) in [4.78, 5) is 23.8. The van der Waals surface area contributed by atoms with Crippen molar-refractivity contribution in [2.45, 2.75) is 0 Å². The van der Waals surface area contributed by atoms with Gasteiger partial charge in [0.25, 0.3) is 5.91 Å². The number of hydrogen-bond donors (Lipinski definition) is 1. The Kier molecular flexibility index (Phi) is 4.20. The molecule has 0 radical (unpaired) electrons. The summed E-state index contributed by atoms with van der Waals surface area (Å²) in [6.45, 7) is 0. The summed E-state index contributed by atoms with van der Waals surface area (Å²) in [6, 6.07) is 18.5. The molecule has 0 aliphatic carbocycles. The van der Waals surface area contributed by atoms with Crippen molar-refractivity contribution < 1.29 is 18.7 Å². The molecule has 1 amide bonds. The SMILES string of the molecule is O=C(Oc1ccc(NC(=O)c2ccco2)cc1)c1ccccc1. The predicted octanol–water partition coefficient (Wildman–Crippen LogP) is 3.75. The van der Waals surface area contributed by atoms with Crippen molar-refractivity contribution in [1.82, 2.24) is 0 Å². The summed E-state index contributed by atoms with van der Waals surface area (Å²) in [5.41, 5.74) is 1.05. The van der Waals surface area contributed by atoms with Crippen LogP contribution >= 0.6 is 0 Å². The van der Waals surface area contributed by atoms with Gasteiger partial charge in [0.05, 0.1) is 11.8 Å². The van der Waals surface area contributed by atoms with E-state index in [-0.39, 0.29) is 11.7 Å². The molecule has 0 saturated heterocycles. The van der Waals surface area contributed by atoms with E-state index < -0.39 is 5.97 Å². The second kappa shape index (κ2) is 6.62. The number of carbonyl (C=O) groups excluding carboxylic acids is 2. The van der Waals surface area contributed by atoms with Gasteiger partial charge in [0.1, 0.15) is 5.75 Å². The molecule has 3 rings (SSSR count). The molecule has 0 bridgehead atoms. The van der Waals surface area contributed by atoms with Crippen molar-refractivity contribution in [3.8, 4) is 5.75 Å². The third kappa shape index (κ3) is 3.65. The van der Waals surface area contributed by atoms with Crippen LogP contribution < -0.4 is 10.1 Å². The molecule has 0 unspecified atom stereocenters. The van der Waals surface area contributed by atoms with E-state index in [4.69, 9.17) is 9.15 Å². The van der Waals surface area contributed by atoms with Crippen molar-refractivity contribution in [1.29, 1.82) is 0 Å². The quantitative estimate of drug-likeness (QED) is 0.588. The minimum Gasteiger partial charge on any atom is -0.459 e. The number of anilines is 1. The van der Waals surface area contributed by atoms with Crippen LogP contribution in [0.25, 0.3) is 0 Å². The highest BCUT2D eigenvalue weighted by molar-refractivity contribution is 6.02. The van der Waals surface area contributed by atoms with Gasteiger partial charge in [0.2, 0.25) is 0 Å². The van der Waals surface area contributed by atoms with E-state index in [1.807, 2.05) is 6.07 Å². The van der Waals surface area contributed by atoms with Gasteiger partial charge < -0.3 is 14.5 Å². The van der Waals surface area contributed by atoms with Crippen molar-refractivity contribution >= 4 is 17.6 Å². The lowest BCUT2D eigenvalue weighted by Gasteiger charge is -2.06. The summed E-state index contributed by atoms with van der Waals surface area (Å²) >= 11 is 0. The molecule has 5 nitrogen and oxygen atoms in total. The standard InChI is InChI=1S/C18H13NO4/c20-17(16-7-4-12-22-16)19-14-8-10-15(11-9-14)23-18(21)13-5-2-1-3-6-13/h1-12H,(H,19,20). The van der Waals surface area contributed by atoms with Gasteiger partial charge in [-0.15, -0.1) is 0 Å². The van der Waals surface area contributed by atoms with Crippen LogP contribution in [0.5, 0.6) is 5.75 Å². The Labute approximate surface area is 132 Å². The fourth-order valence-electron chi connectivity index (χ4n) is 1.95. The second-order valence-corrected chi connectivity index (χ2v) is 4.71. The molecule has 1 aromatic heterocycles. The van der Waals surface area contributed by atoms with Crippen LogP contribution in [0.1, 0.15) is 20.9 Å². The van der Waals surface area contributed by atoms with Crippen LogP contribution in [-0.2, 0) is 0 Å². The maximum Gasteiger partial charge on any atom is 0.343 e. The molecule has 23 heavy (non-hydrogen) atoms. The first-order valence-corrected chi connectivity index (χ1v) is 6.94. The van der Waals surface area contributed by atoms with Gasteiger partial charge in [-0.05, 0) is 48.5 Å². The maximum atomic E-state index is 11.9. The van der Waals surface area contributed by atoms with Crippen molar-refractivity contribution in [3.05, 3.63) is 84.3 Å². The highest BCUT2D eigenvalue weighted by Crippen LogP contribution is 2.18. The van der Waals surface area contributed by atoms with E-state index in [2.05, 4.69) is 5.32 Å². The predicted molar refractivity (Wildman–Crippen MR) is 84.5 cm³/mol. The Morgan fingerprint density at radius 1 is 0.870 bits per heavy atom. The first kappa shape index (κ1) is 14.6. The molecule has 114 valence electrons. The molecule has 0 spiro atoms. The number of carbonyl (C=O) groups is 2. The lowest BCUT2D eigenvalue weighted by molar-refractivity contribution is 0.0734. The molecular weight excluding hydrogens is 294 g/mol. The third-order valence-electron chi connectivity index (χ3n) is 3.08. The zero-order valence-corrected chi connectivity index (χ0v) is 12.1. The van der Waals surface area contributed by atoms with E-state index in [1.165, 1.54) is 6.26 Å². The molecular formula is C18H13NO4. The van der Waals surface area contributed by atoms with E-state index in [9.17, 15) is 9.59 Å². The average molecular weight is 307 g/mol. The average Bonchev–Trinajstić information content (AvgIpc) is 3.12. The molecule has 5 heteroatoms. The molecule has 1 N–H and O–H groups in total. The minimum absolute atomic E-state index is 0.226. The zero-order valence-electron chi connectivity index (χ0n) is 12.1. The normalized spacial score (nSPS) is 10.1. The lowest BCUT2D eigenvalue weighted by atomic mass is 10.2. The molecule has 0 fully saturated rings. The number of amides is 1. The van der Waals surface area contributed by atoms with E-state index in [0.29, 0.717) is 17.0 Å². The van der Waals surface area contributed by atoms with Gasteiger partial charge in [-0.1, -0.05) is 18.2 Å². The Balaban J connectivity index is 1.63. The fourth-order valence-corrected chi connectivity index (χ4v) is 1.95. The molecule has 1 heterocycles. The minimum atomic E-state index is -0.432. The second-order valence-electron chi connectivity index (χ2n) is 4.71. The van der Waals surface area contributed by atoms with Gasteiger partial charge in [-0.25, -0.2) is 4.79 Å². The Morgan fingerprint density at radius 2 is 1.61 bits per heavy atom. The Morgan fingerprint density at radius 3 is 2.26 bits per heavy atom. The number of benzene rings is 2. The van der Waals surface area contributed by atoms with Crippen molar-refractivity contribution in [2.75, 3.05) is 5.32 Å². The number of nitrogens with one attached hydrogen (secondary N) is 1. The van der Waals surface area contributed by atoms with Gasteiger partial charge in [-0.2, -0.15) is 0 Å². The van der Waals surface area contributed by atoms with E-state index in [0.717, 1.165) is 0 Å². The lowest BCUT2D eigenvalue weighted by Crippen LogP contribution is -2.11. The molecule has 2 aromatic carbocycles. The zero-order chi connectivity index (χ0) is 16.1. The summed E-state index contributed by atoms with van der Waals surface area (Å²) < 4.78 is 10.3. The maximum absolute atomic E-state index is 11.9. The first-order valence-electron chi connectivity index (χ1n) is 6.94. The smallest absolute Gasteiger partial charge is 0.343 e. The highest BCUT2D eigenvalue weighted by Gasteiger charge is 2.10. The summed E-state index contributed by atoms with van der Waals surface area (Å²) in [5.74, 6) is -0.151. The Hall–Kier alpha value is -3.34. The number of hydrogen-bond acceptors (Lipinski definition) is 4. The summed E-state index contributed by atoms with van der Waals surface area (Å²) in [5, 5.41) is 2.68. The summed E-state index contributed by atoms with van der Waals surface area (Å²) in [6.07, 6.45) is 1.43. The van der Waals surface area contributed by atoms with Gasteiger partial charge in [0.15, 0.2) is 5.76 Å². The molecule has 0 aliphatic rings. The molecule has 0 aliphatic heterocycles. The number of rotatable bonds is 4. The van der Waals surface area contributed by atoms with Crippen molar-refractivity contribution in [3.63, 3.8) is 0 Å². The topological polar surface area (TPSA) is 68.5 Å². The first-order chi connectivity index (χ1) is 11.2.